The van der Waals surface area contributed by atoms with Gasteiger partial charge in [0.2, 0.25) is 0 Å². The van der Waals surface area contributed by atoms with Gasteiger partial charge in [-0.2, -0.15) is 13.2 Å². The van der Waals surface area contributed by atoms with Crippen LogP contribution in [0.1, 0.15) is 31.2 Å². The number of aromatic nitrogens is 1. The molecule has 6 heteroatoms. The second-order valence-electron chi connectivity index (χ2n) is 5.34. The third-order valence-corrected chi connectivity index (χ3v) is 4.08. The summed E-state index contributed by atoms with van der Waals surface area (Å²) in [5.41, 5.74) is 6.10. The third kappa shape index (κ3) is 3.60. The molecule has 1 heterocycles. The smallest absolute Gasteiger partial charge is 0.325 e. The van der Waals surface area contributed by atoms with Gasteiger partial charge >= 0.3 is 6.18 Å². The average molecular weight is 293 g/mol. The Morgan fingerprint density at radius 1 is 1.47 bits per heavy atom. The lowest BCUT2D eigenvalue weighted by Gasteiger charge is -2.39. The van der Waals surface area contributed by atoms with Gasteiger partial charge in [0.05, 0.1) is 10.9 Å². The van der Waals surface area contributed by atoms with E-state index in [2.05, 4.69) is 4.98 Å². The van der Waals surface area contributed by atoms with Crippen LogP contribution in [0.4, 0.5) is 13.2 Å². The summed E-state index contributed by atoms with van der Waals surface area (Å²) in [5, 5.41) is 0.460. The number of hydrogen-bond acceptors (Lipinski definition) is 2. The van der Waals surface area contributed by atoms with Crippen LogP contribution in [0.3, 0.4) is 0 Å². The van der Waals surface area contributed by atoms with E-state index in [1.807, 2.05) is 0 Å². The predicted octanol–water partition coefficient (Wildman–Crippen LogP) is 3.73. The summed E-state index contributed by atoms with van der Waals surface area (Å²) in [5.74, 6) is -1.30. The van der Waals surface area contributed by atoms with Gasteiger partial charge in [-0.25, -0.2) is 0 Å². The van der Waals surface area contributed by atoms with Crippen LogP contribution in [0.2, 0.25) is 5.02 Å². The zero-order chi connectivity index (χ0) is 14.1. The molecule has 0 aliphatic heterocycles. The van der Waals surface area contributed by atoms with Crippen LogP contribution in [0.5, 0.6) is 0 Å². The summed E-state index contributed by atoms with van der Waals surface area (Å²) in [6, 6.07) is 1.72. The summed E-state index contributed by atoms with van der Waals surface area (Å²) in [7, 11) is 0. The maximum atomic E-state index is 12.8. The van der Waals surface area contributed by atoms with Crippen LogP contribution in [-0.2, 0) is 6.42 Å². The topological polar surface area (TPSA) is 38.9 Å². The Balaban J connectivity index is 2.12. The molecule has 2 atom stereocenters. The van der Waals surface area contributed by atoms with Gasteiger partial charge in [-0.3, -0.25) is 4.98 Å². The second kappa shape index (κ2) is 5.29. The lowest BCUT2D eigenvalue weighted by molar-refractivity contribution is -0.187. The number of alkyl halides is 3. The average Bonchev–Trinajstić information content (AvgIpc) is 2.31. The van der Waals surface area contributed by atoms with E-state index in [-0.39, 0.29) is 12.8 Å². The van der Waals surface area contributed by atoms with Gasteiger partial charge < -0.3 is 5.73 Å². The van der Waals surface area contributed by atoms with Crippen molar-refractivity contribution in [3.63, 3.8) is 0 Å². The Labute approximate surface area is 115 Å². The third-order valence-electron chi connectivity index (χ3n) is 3.74. The van der Waals surface area contributed by atoms with Gasteiger partial charge in [-0.1, -0.05) is 18.0 Å². The number of hydrogen-bond donors (Lipinski definition) is 1. The van der Waals surface area contributed by atoms with Crippen molar-refractivity contribution in [2.45, 2.75) is 43.8 Å². The fraction of sp³-hybridized carbons (Fsp3) is 0.615. The van der Waals surface area contributed by atoms with Gasteiger partial charge in [-0.05, 0) is 37.3 Å². The lowest BCUT2D eigenvalue weighted by Crippen LogP contribution is -2.49. The minimum absolute atomic E-state index is 0.0326. The van der Waals surface area contributed by atoms with E-state index >= 15 is 0 Å². The molecule has 2 rings (SSSR count). The number of nitrogens with zero attached hydrogens (tertiary/aromatic N) is 1. The quantitative estimate of drug-likeness (QED) is 0.902. The first kappa shape index (κ1) is 14.6. The summed E-state index contributed by atoms with van der Waals surface area (Å²) < 4.78 is 38.4. The van der Waals surface area contributed by atoms with E-state index < -0.39 is 17.6 Å². The molecule has 0 saturated heterocycles. The van der Waals surface area contributed by atoms with Crippen molar-refractivity contribution in [1.29, 1.82) is 0 Å². The van der Waals surface area contributed by atoms with Gasteiger partial charge in [0.1, 0.15) is 0 Å². The molecule has 1 aromatic heterocycles. The van der Waals surface area contributed by atoms with Gasteiger partial charge in [0, 0.05) is 17.9 Å². The predicted molar refractivity (Wildman–Crippen MR) is 67.9 cm³/mol. The van der Waals surface area contributed by atoms with Crippen molar-refractivity contribution in [2.24, 2.45) is 11.7 Å². The van der Waals surface area contributed by atoms with E-state index in [1.165, 1.54) is 6.20 Å². The minimum Gasteiger partial charge on any atom is -0.325 e. The molecule has 1 aliphatic rings. The van der Waals surface area contributed by atoms with Crippen molar-refractivity contribution < 1.29 is 13.2 Å². The first-order valence-electron chi connectivity index (χ1n) is 6.24. The van der Waals surface area contributed by atoms with Crippen LogP contribution < -0.4 is 5.73 Å². The number of rotatable bonds is 2. The number of pyridine rings is 1. The SMILES string of the molecule is NC1(Cc2ccncc2Cl)CCCC(C(F)(F)F)C1. The van der Waals surface area contributed by atoms with Gasteiger partial charge in [0.25, 0.3) is 0 Å². The maximum absolute atomic E-state index is 12.8. The summed E-state index contributed by atoms with van der Waals surface area (Å²) in [6.45, 7) is 0. The molecule has 0 bridgehead atoms. The van der Waals surface area contributed by atoms with Crippen LogP contribution >= 0.6 is 11.6 Å². The minimum atomic E-state index is -4.16. The maximum Gasteiger partial charge on any atom is 0.391 e. The van der Waals surface area contributed by atoms with Crippen LogP contribution in [0.15, 0.2) is 18.5 Å². The molecule has 1 fully saturated rings. The molecule has 19 heavy (non-hydrogen) atoms. The molecular weight excluding hydrogens is 277 g/mol. The van der Waals surface area contributed by atoms with Crippen molar-refractivity contribution in [3.8, 4) is 0 Å². The molecule has 2 N–H and O–H groups in total. The van der Waals surface area contributed by atoms with Crippen molar-refractivity contribution in [3.05, 3.63) is 29.0 Å². The van der Waals surface area contributed by atoms with Gasteiger partial charge in [-0.15, -0.1) is 0 Å². The molecule has 2 unspecified atom stereocenters. The molecule has 2 nitrogen and oxygen atoms in total. The Kier molecular flexibility index (Phi) is 4.06. The fourth-order valence-electron chi connectivity index (χ4n) is 2.76. The largest absolute Gasteiger partial charge is 0.391 e. The van der Waals surface area contributed by atoms with E-state index in [0.717, 1.165) is 5.56 Å². The molecule has 106 valence electrons. The van der Waals surface area contributed by atoms with E-state index in [9.17, 15) is 13.2 Å². The Morgan fingerprint density at radius 2 is 2.21 bits per heavy atom. The van der Waals surface area contributed by atoms with Crippen molar-refractivity contribution in [1.82, 2.24) is 4.98 Å². The molecule has 0 aromatic carbocycles. The van der Waals surface area contributed by atoms with Gasteiger partial charge in [0.15, 0.2) is 0 Å². The fourth-order valence-corrected chi connectivity index (χ4v) is 2.95. The molecule has 0 radical (unpaired) electrons. The Bertz CT molecular complexity index is 450. The van der Waals surface area contributed by atoms with E-state index in [0.29, 0.717) is 24.3 Å². The molecule has 1 saturated carbocycles. The van der Waals surface area contributed by atoms with E-state index in [1.54, 1.807) is 12.3 Å². The molecule has 1 aromatic rings. The highest BCUT2D eigenvalue weighted by molar-refractivity contribution is 6.31. The normalized spacial score (nSPS) is 28.4. The Morgan fingerprint density at radius 3 is 2.84 bits per heavy atom. The first-order chi connectivity index (χ1) is 8.80. The highest BCUT2D eigenvalue weighted by atomic mass is 35.5. The van der Waals surface area contributed by atoms with Crippen LogP contribution in [-0.4, -0.2) is 16.7 Å². The van der Waals surface area contributed by atoms with Crippen molar-refractivity contribution in [2.75, 3.05) is 0 Å². The van der Waals surface area contributed by atoms with Crippen LogP contribution in [0, 0.1) is 5.92 Å². The molecule has 0 spiro atoms. The van der Waals surface area contributed by atoms with E-state index in [4.69, 9.17) is 17.3 Å². The summed E-state index contributed by atoms with van der Waals surface area (Å²) >= 11 is 5.99. The first-order valence-corrected chi connectivity index (χ1v) is 6.62. The Hall–Kier alpha value is -0.810. The van der Waals surface area contributed by atoms with Crippen LogP contribution in [0.25, 0.3) is 0 Å². The standard InChI is InChI=1S/C13H16ClF3N2/c14-11-8-19-5-3-9(11)6-12(18)4-1-2-10(7-12)13(15,16)17/h3,5,8,10H,1-2,4,6-7,18H2. The highest BCUT2D eigenvalue weighted by Gasteiger charge is 2.46. The molecule has 1 aliphatic carbocycles. The second-order valence-corrected chi connectivity index (χ2v) is 5.75. The zero-order valence-corrected chi connectivity index (χ0v) is 11.1. The molecular formula is C13H16ClF3N2. The number of nitrogens with two attached hydrogens (primary N) is 1. The highest BCUT2D eigenvalue weighted by Crippen LogP contribution is 2.42. The number of halogens is 4. The summed E-state index contributed by atoms with van der Waals surface area (Å²) in [4.78, 5) is 3.86. The monoisotopic (exact) mass is 292 g/mol. The molecule has 0 amide bonds. The summed E-state index contributed by atoms with van der Waals surface area (Å²) in [6.07, 6.45) is 0.510. The lowest BCUT2D eigenvalue weighted by atomic mass is 9.73. The zero-order valence-electron chi connectivity index (χ0n) is 10.4. The van der Waals surface area contributed by atoms with Crippen molar-refractivity contribution >= 4 is 11.6 Å².